The molecule has 0 unspecified atom stereocenters. The highest BCUT2D eigenvalue weighted by atomic mass is 16.7. The highest BCUT2D eigenvalue weighted by Crippen LogP contribution is 2.67. The lowest BCUT2D eigenvalue weighted by Gasteiger charge is -2.59. The van der Waals surface area contributed by atoms with Crippen LogP contribution in [0.5, 0.6) is 0 Å². The van der Waals surface area contributed by atoms with Gasteiger partial charge in [-0.3, -0.25) is 4.79 Å². The Morgan fingerprint density at radius 2 is 1.96 bits per heavy atom. The molecule has 5 rings (SSSR count). The molecule has 0 aromatic heterocycles. The smallest absolute Gasteiger partial charge is 0.308 e. The maximum absolute atomic E-state index is 12.0. The summed E-state index contributed by atoms with van der Waals surface area (Å²) in [7, 11) is 1.67. The lowest BCUT2D eigenvalue weighted by Crippen LogP contribution is -2.52. The van der Waals surface area contributed by atoms with Gasteiger partial charge in [-0.25, -0.2) is 0 Å². The van der Waals surface area contributed by atoms with Gasteiger partial charge >= 0.3 is 5.97 Å². The number of hydrogen-bond acceptors (Lipinski definition) is 4. The van der Waals surface area contributed by atoms with Crippen LogP contribution >= 0.6 is 0 Å². The van der Waals surface area contributed by atoms with Crippen LogP contribution in [0.2, 0.25) is 0 Å². The van der Waals surface area contributed by atoms with E-state index in [1.54, 1.807) is 12.7 Å². The number of ether oxygens (including phenoxy) is 2. The zero-order valence-electron chi connectivity index (χ0n) is 17.7. The standard InChI is InChI=1S/C24H36O4/c1-23-10-8-15(25)12-14(23)4-5-16-18-6-7-19(24(18,2)11-9-20(16)23)17-13-21(26)28-22(17)27-3/h6,14-17,19-20,22,25H,4-5,7-13H2,1-3H3/t14-,15-,16+,17-,19+,20+,22-,23+,24+/m1/s1. The van der Waals surface area contributed by atoms with Gasteiger partial charge in [0.15, 0.2) is 0 Å². The van der Waals surface area contributed by atoms with E-state index < -0.39 is 0 Å². The van der Waals surface area contributed by atoms with Crippen molar-refractivity contribution in [1.29, 1.82) is 0 Å². The van der Waals surface area contributed by atoms with Gasteiger partial charge in [0.1, 0.15) is 0 Å². The molecule has 1 saturated heterocycles. The maximum atomic E-state index is 12.0. The first-order valence-corrected chi connectivity index (χ1v) is 11.5. The molecule has 0 aromatic carbocycles. The molecule has 4 fully saturated rings. The highest BCUT2D eigenvalue weighted by Gasteiger charge is 2.59. The summed E-state index contributed by atoms with van der Waals surface area (Å²) in [5.74, 6) is 2.69. The van der Waals surface area contributed by atoms with Gasteiger partial charge < -0.3 is 14.6 Å². The van der Waals surface area contributed by atoms with Crippen LogP contribution in [-0.4, -0.2) is 30.6 Å². The molecular formula is C24H36O4. The van der Waals surface area contributed by atoms with Gasteiger partial charge in [0, 0.05) is 13.0 Å². The van der Waals surface area contributed by atoms with Gasteiger partial charge in [0.2, 0.25) is 6.29 Å². The average Bonchev–Trinajstić information content (AvgIpc) is 3.21. The fourth-order valence-electron chi connectivity index (χ4n) is 8.35. The van der Waals surface area contributed by atoms with Gasteiger partial charge in [-0.2, -0.15) is 0 Å². The number of methoxy groups -OCH3 is 1. The molecule has 0 amide bonds. The normalized spacial score (nSPS) is 53.1. The van der Waals surface area contributed by atoms with Crippen LogP contribution in [0.1, 0.15) is 71.6 Å². The Labute approximate surface area is 169 Å². The number of carbonyl (C=O) groups is 1. The Morgan fingerprint density at radius 3 is 2.75 bits per heavy atom. The van der Waals surface area contributed by atoms with Crippen molar-refractivity contribution in [3.63, 3.8) is 0 Å². The number of carbonyl (C=O) groups excluding carboxylic acids is 1. The Hall–Kier alpha value is -0.870. The molecule has 9 atom stereocenters. The molecule has 0 radical (unpaired) electrons. The first kappa shape index (κ1) is 19.1. The monoisotopic (exact) mass is 388 g/mol. The largest absolute Gasteiger partial charge is 0.435 e. The van der Waals surface area contributed by atoms with Crippen molar-refractivity contribution in [3.05, 3.63) is 11.6 Å². The van der Waals surface area contributed by atoms with Crippen LogP contribution in [0.3, 0.4) is 0 Å². The fourth-order valence-corrected chi connectivity index (χ4v) is 8.35. The number of cyclic esters (lactones) is 1. The van der Waals surface area contributed by atoms with E-state index in [-0.39, 0.29) is 29.7 Å². The Kier molecular flexibility index (Phi) is 4.48. The molecule has 4 aliphatic carbocycles. The summed E-state index contributed by atoms with van der Waals surface area (Å²) in [5, 5.41) is 10.2. The number of aliphatic hydroxyl groups is 1. The van der Waals surface area contributed by atoms with Crippen molar-refractivity contribution < 1.29 is 19.4 Å². The number of aliphatic hydroxyl groups excluding tert-OH is 1. The van der Waals surface area contributed by atoms with Crippen LogP contribution in [0.4, 0.5) is 0 Å². The van der Waals surface area contributed by atoms with Gasteiger partial charge in [0.05, 0.1) is 12.5 Å². The van der Waals surface area contributed by atoms with E-state index in [9.17, 15) is 9.90 Å². The molecule has 0 spiro atoms. The second-order valence-electron chi connectivity index (χ2n) is 10.8. The number of rotatable bonds is 2. The molecule has 28 heavy (non-hydrogen) atoms. The number of allylic oxidation sites excluding steroid dienone is 2. The zero-order chi connectivity index (χ0) is 19.7. The van der Waals surface area contributed by atoms with E-state index in [1.807, 2.05) is 0 Å². The molecule has 4 heteroatoms. The molecule has 0 bridgehead atoms. The second kappa shape index (κ2) is 6.57. The third kappa shape index (κ3) is 2.59. The third-order valence-corrected chi connectivity index (χ3v) is 9.86. The summed E-state index contributed by atoms with van der Waals surface area (Å²) < 4.78 is 11.0. The van der Waals surface area contributed by atoms with Crippen molar-refractivity contribution in [2.45, 2.75) is 84.0 Å². The molecule has 0 aromatic rings. The minimum absolute atomic E-state index is 0.0792. The van der Waals surface area contributed by atoms with Crippen molar-refractivity contribution >= 4 is 5.97 Å². The molecule has 3 saturated carbocycles. The van der Waals surface area contributed by atoms with E-state index in [0.717, 1.165) is 25.2 Å². The summed E-state index contributed by atoms with van der Waals surface area (Å²) in [4.78, 5) is 12.0. The molecule has 4 nitrogen and oxygen atoms in total. The van der Waals surface area contributed by atoms with E-state index in [1.165, 1.54) is 32.1 Å². The SMILES string of the molecule is CO[C@@H]1OC(=O)C[C@@H]1[C@@H]1CC=C2[C@@H]3CC[C@@H]4C[C@H](O)CC[C@]4(C)[C@H]3CC[C@@]21C. The summed E-state index contributed by atoms with van der Waals surface area (Å²) in [5.41, 5.74) is 2.27. The van der Waals surface area contributed by atoms with E-state index in [0.29, 0.717) is 29.6 Å². The number of fused-ring (bicyclic) bond motifs is 5. The molecule has 1 heterocycles. The molecular weight excluding hydrogens is 352 g/mol. The van der Waals surface area contributed by atoms with Crippen LogP contribution in [0.15, 0.2) is 11.6 Å². The average molecular weight is 389 g/mol. The van der Waals surface area contributed by atoms with E-state index >= 15 is 0 Å². The molecule has 1 N–H and O–H groups in total. The summed E-state index contributed by atoms with van der Waals surface area (Å²) >= 11 is 0. The van der Waals surface area contributed by atoms with Crippen LogP contribution < -0.4 is 0 Å². The van der Waals surface area contributed by atoms with E-state index in [4.69, 9.17) is 9.47 Å². The van der Waals surface area contributed by atoms with E-state index in [2.05, 4.69) is 19.9 Å². The first-order valence-electron chi connectivity index (χ1n) is 11.5. The fraction of sp³-hybridized carbons (Fsp3) is 0.875. The molecule has 156 valence electrons. The van der Waals surface area contributed by atoms with Crippen LogP contribution in [0, 0.1) is 40.4 Å². The minimum atomic E-state index is -0.368. The van der Waals surface area contributed by atoms with Gasteiger partial charge in [0.25, 0.3) is 0 Å². The zero-order valence-corrected chi connectivity index (χ0v) is 17.7. The number of hydrogen-bond donors (Lipinski definition) is 1. The Morgan fingerprint density at radius 1 is 1.14 bits per heavy atom. The summed E-state index contributed by atoms with van der Waals surface area (Å²) in [6.07, 6.45) is 11.9. The summed E-state index contributed by atoms with van der Waals surface area (Å²) in [6.45, 7) is 4.99. The molecule has 1 aliphatic heterocycles. The van der Waals surface area contributed by atoms with Crippen LogP contribution in [-0.2, 0) is 14.3 Å². The van der Waals surface area contributed by atoms with Gasteiger partial charge in [-0.15, -0.1) is 0 Å². The van der Waals surface area contributed by atoms with Crippen molar-refractivity contribution in [3.8, 4) is 0 Å². The molecule has 5 aliphatic rings. The second-order valence-corrected chi connectivity index (χ2v) is 10.8. The van der Waals surface area contributed by atoms with Crippen molar-refractivity contribution in [2.75, 3.05) is 7.11 Å². The number of esters is 1. The van der Waals surface area contributed by atoms with Crippen LogP contribution in [0.25, 0.3) is 0 Å². The topological polar surface area (TPSA) is 55.8 Å². The minimum Gasteiger partial charge on any atom is -0.435 e. The lowest BCUT2D eigenvalue weighted by molar-refractivity contribution is -0.165. The third-order valence-electron chi connectivity index (χ3n) is 9.86. The quantitative estimate of drug-likeness (QED) is 0.560. The highest BCUT2D eigenvalue weighted by molar-refractivity contribution is 5.72. The van der Waals surface area contributed by atoms with Gasteiger partial charge in [-0.1, -0.05) is 25.5 Å². The van der Waals surface area contributed by atoms with Crippen molar-refractivity contribution in [1.82, 2.24) is 0 Å². The Balaban J connectivity index is 1.40. The predicted molar refractivity (Wildman–Crippen MR) is 106 cm³/mol. The van der Waals surface area contributed by atoms with Crippen molar-refractivity contribution in [2.24, 2.45) is 40.4 Å². The first-order chi connectivity index (χ1) is 13.4. The summed E-state index contributed by atoms with van der Waals surface area (Å²) in [6, 6.07) is 0. The predicted octanol–water partition coefficient (Wildman–Crippen LogP) is 4.46. The Bertz CT molecular complexity index is 686. The van der Waals surface area contributed by atoms with Gasteiger partial charge in [-0.05, 0) is 85.9 Å². The maximum Gasteiger partial charge on any atom is 0.308 e. The lowest BCUT2D eigenvalue weighted by atomic mass is 9.45.